The van der Waals surface area contributed by atoms with Gasteiger partial charge in [-0.05, 0) is 56.7 Å². The first-order valence-corrected chi connectivity index (χ1v) is 11.4. The Balaban J connectivity index is 1.25. The third-order valence-electron chi connectivity index (χ3n) is 6.86. The molecule has 2 atom stereocenters. The van der Waals surface area contributed by atoms with Gasteiger partial charge in [0.25, 0.3) is 11.8 Å². The number of imidazole rings is 1. The molecule has 0 radical (unpaired) electrons. The van der Waals surface area contributed by atoms with Crippen molar-refractivity contribution in [2.45, 2.75) is 52.0 Å². The van der Waals surface area contributed by atoms with E-state index >= 15 is 0 Å². The Morgan fingerprint density at radius 3 is 2.66 bits per heavy atom. The summed E-state index contributed by atoms with van der Waals surface area (Å²) in [6.07, 6.45) is 6.76. The fourth-order valence-corrected chi connectivity index (χ4v) is 4.74. The molecule has 1 aliphatic heterocycles. The van der Waals surface area contributed by atoms with Crippen molar-refractivity contribution in [2.24, 2.45) is 13.0 Å². The lowest BCUT2D eigenvalue weighted by Crippen LogP contribution is -2.51. The minimum absolute atomic E-state index is 0.0282. The van der Waals surface area contributed by atoms with Crippen LogP contribution in [0.1, 0.15) is 69.9 Å². The van der Waals surface area contributed by atoms with E-state index in [2.05, 4.69) is 22.3 Å². The zero-order valence-corrected chi connectivity index (χ0v) is 19.1. The van der Waals surface area contributed by atoms with E-state index in [4.69, 9.17) is 0 Å². The number of amides is 2. The number of pyridine rings is 1. The minimum atomic E-state index is -0.0832. The molecular weight excluding hydrogens is 404 g/mol. The summed E-state index contributed by atoms with van der Waals surface area (Å²) in [7, 11) is 1.83. The highest BCUT2D eigenvalue weighted by atomic mass is 16.2. The lowest BCUT2D eigenvalue weighted by Gasteiger charge is -2.37. The highest BCUT2D eigenvalue weighted by Crippen LogP contribution is 2.39. The van der Waals surface area contributed by atoms with Crippen molar-refractivity contribution in [3.63, 3.8) is 0 Å². The van der Waals surface area contributed by atoms with Crippen molar-refractivity contribution < 1.29 is 9.59 Å². The molecule has 8 heteroatoms. The maximum atomic E-state index is 13.2. The summed E-state index contributed by atoms with van der Waals surface area (Å²) in [5.41, 5.74) is 5.18. The number of piperidine rings is 1. The average molecular weight is 435 g/mol. The van der Waals surface area contributed by atoms with Crippen LogP contribution in [0.2, 0.25) is 0 Å². The molecule has 4 heterocycles. The van der Waals surface area contributed by atoms with E-state index in [1.165, 1.54) is 0 Å². The number of rotatable bonds is 4. The van der Waals surface area contributed by atoms with E-state index in [1.807, 2.05) is 54.7 Å². The van der Waals surface area contributed by atoms with Crippen LogP contribution in [0.25, 0.3) is 5.65 Å². The second-order valence-corrected chi connectivity index (χ2v) is 9.45. The molecule has 3 aromatic heterocycles. The number of nitrogens with zero attached hydrogens (tertiary/aromatic N) is 5. The smallest absolute Gasteiger partial charge is 0.269 e. The van der Waals surface area contributed by atoms with Crippen LogP contribution in [0.3, 0.4) is 0 Å². The second-order valence-electron chi connectivity index (χ2n) is 9.45. The van der Waals surface area contributed by atoms with Crippen molar-refractivity contribution in [3.8, 4) is 0 Å². The van der Waals surface area contributed by atoms with Crippen molar-refractivity contribution in [1.82, 2.24) is 29.4 Å². The Morgan fingerprint density at radius 2 is 1.94 bits per heavy atom. The van der Waals surface area contributed by atoms with Crippen LogP contribution >= 0.6 is 0 Å². The van der Waals surface area contributed by atoms with Gasteiger partial charge in [-0.25, -0.2) is 4.98 Å². The molecule has 32 heavy (non-hydrogen) atoms. The largest absolute Gasteiger partial charge is 0.348 e. The molecule has 2 fully saturated rings. The molecule has 8 nitrogen and oxygen atoms in total. The van der Waals surface area contributed by atoms with E-state index in [0.717, 1.165) is 41.9 Å². The summed E-state index contributed by atoms with van der Waals surface area (Å²) < 4.78 is 3.66. The molecule has 168 valence electrons. The molecule has 0 aromatic carbocycles. The fourth-order valence-electron chi connectivity index (χ4n) is 4.74. The van der Waals surface area contributed by atoms with Crippen LogP contribution in [-0.2, 0) is 7.05 Å². The number of carbonyl (C=O) groups is 2. The molecule has 2 aliphatic rings. The Kier molecular flexibility index (Phi) is 5.03. The van der Waals surface area contributed by atoms with Crippen molar-refractivity contribution >= 4 is 17.5 Å². The topological polar surface area (TPSA) is 84.5 Å². The van der Waals surface area contributed by atoms with E-state index in [-0.39, 0.29) is 23.8 Å². The summed E-state index contributed by atoms with van der Waals surface area (Å²) in [6.45, 7) is 7.29. The van der Waals surface area contributed by atoms with E-state index in [0.29, 0.717) is 30.3 Å². The molecule has 1 aliphatic carbocycles. The van der Waals surface area contributed by atoms with E-state index < -0.39 is 0 Å². The first-order valence-electron chi connectivity index (χ1n) is 11.4. The van der Waals surface area contributed by atoms with Crippen molar-refractivity contribution in [3.05, 3.63) is 52.7 Å². The highest BCUT2D eigenvalue weighted by Gasteiger charge is 2.32. The predicted molar refractivity (Wildman–Crippen MR) is 121 cm³/mol. The summed E-state index contributed by atoms with van der Waals surface area (Å²) in [4.78, 5) is 32.4. The zero-order chi connectivity index (χ0) is 22.6. The standard InChI is InChI=1S/C24H30N6O2/c1-14-9-18(13-30-16(3)11-25-22(14)30)24(32)29-8-7-19(15(2)12-29)26-23(31)21-10-20(17-5-6-17)27-28(21)4/h9-11,13,15,17,19H,5-8,12H2,1-4H3,(H,26,31)/t15-,19+/m0/s1. The Morgan fingerprint density at radius 1 is 1.16 bits per heavy atom. The average Bonchev–Trinajstić information content (AvgIpc) is 3.44. The maximum Gasteiger partial charge on any atom is 0.269 e. The first kappa shape index (κ1) is 20.7. The quantitative estimate of drug-likeness (QED) is 0.684. The van der Waals surface area contributed by atoms with Gasteiger partial charge < -0.3 is 14.6 Å². The van der Waals surface area contributed by atoms with E-state index in [1.54, 1.807) is 4.68 Å². The molecule has 1 N–H and O–H groups in total. The number of hydrogen-bond donors (Lipinski definition) is 1. The lowest BCUT2D eigenvalue weighted by atomic mass is 9.93. The normalized spacial score (nSPS) is 21.2. The number of likely N-dealkylation sites (tertiary alicyclic amines) is 1. The van der Waals surface area contributed by atoms with Crippen LogP contribution in [-0.4, -0.2) is 55.0 Å². The van der Waals surface area contributed by atoms with Crippen LogP contribution in [0.15, 0.2) is 24.5 Å². The van der Waals surface area contributed by atoms with Gasteiger partial charge in [0.05, 0.1) is 11.3 Å². The number of nitrogens with one attached hydrogen (secondary N) is 1. The molecule has 1 saturated carbocycles. The van der Waals surface area contributed by atoms with Crippen molar-refractivity contribution in [1.29, 1.82) is 0 Å². The third kappa shape index (κ3) is 3.67. The van der Waals surface area contributed by atoms with Gasteiger partial charge in [0.15, 0.2) is 0 Å². The molecular formula is C24H30N6O2. The molecule has 3 aromatic rings. The number of aromatic nitrogens is 4. The summed E-state index contributed by atoms with van der Waals surface area (Å²) in [5, 5.41) is 7.69. The van der Waals surface area contributed by atoms with Crippen LogP contribution in [0.4, 0.5) is 0 Å². The number of carbonyl (C=O) groups excluding carboxylic acids is 2. The summed E-state index contributed by atoms with van der Waals surface area (Å²) in [5.74, 6) is 0.623. The van der Waals surface area contributed by atoms with E-state index in [9.17, 15) is 9.59 Å². The van der Waals surface area contributed by atoms with Crippen molar-refractivity contribution in [2.75, 3.05) is 13.1 Å². The number of fused-ring (bicyclic) bond motifs is 1. The summed E-state index contributed by atoms with van der Waals surface area (Å²) in [6, 6.07) is 3.88. The van der Waals surface area contributed by atoms with Gasteiger partial charge in [0.2, 0.25) is 0 Å². The fraction of sp³-hybridized carbons (Fsp3) is 0.500. The Hall–Kier alpha value is -3.16. The van der Waals surface area contributed by atoms with Gasteiger partial charge in [0, 0.05) is 50.2 Å². The molecule has 0 spiro atoms. The van der Waals surface area contributed by atoms with Crippen LogP contribution in [0.5, 0.6) is 0 Å². The zero-order valence-electron chi connectivity index (χ0n) is 19.1. The van der Waals surface area contributed by atoms with Gasteiger partial charge in [-0.3, -0.25) is 14.3 Å². The number of aryl methyl sites for hydroxylation is 3. The molecule has 2 amide bonds. The lowest BCUT2D eigenvalue weighted by molar-refractivity contribution is 0.0631. The SMILES string of the molecule is Cc1cc(C(=O)N2CC[C@@H](NC(=O)c3cc(C4CC4)nn3C)[C@@H](C)C2)cn2c(C)cnc12. The maximum absolute atomic E-state index is 13.2. The Labute approximate surface area is 187 Å². The van der Waals surface area contributed by atoms with Gasteiger partial charge in [0.1, 0.15) is 11.3 Å². The van der Waals surface area contributed by atoms with Gasteiger partial charge in [-0.1, -0.05) is 6.92 Å². The van der Waals surface area contributed by atoms with Gasteiger partial charge in [-0.15, -0.1) is 0 Å². The number of hydrogen-bond acceptors (Lipinski definition) is 4. The predicted octanol–water partition coefficient (Wildman–Crippen LogP) is 2.84. The molecule has 0 bridgehead atoms. The molecule has 0 unspecified atom stereocenters. The van der Waals surface area contributed by atoms with Gasteiger partial charge >= 0.3 is 0 Å². The third-order valence-corrected chi connectivity index (χ3v) is 6.86. The van der Waals surface area contributed by atoms with Crippen LogP contribution in [0, 0.1) is 19.8 Å². The highest BCUT2D eigenvalue weighted by molar-refractivity contribution is 5.95. The molecule has 5 rings (SSSR count). The first-order chi connectivity index (χ1) is 15.3. The molecule has 1 saturated heterocycles. The monoisotopic (exact) mass is 434 g/mol. The van der Waals surface area contributed by atoms with Gasteiger partial charge in [-0.2, -0.15) is 5.10 Å². The summed E-state index contributed by atoms with van der Waals surface area (Å²) >= 11 is 0. The Bertz CT molecular complexity index is 1200. The minimum Gasteiger partial charge on any atom is -0.348 e. The second kappa shape index (κ2) is 7.76. The van der Waals surface area contributed by atoms with Crippen LogP contribution < -0.4 is 5.32 Å².